The average molecular weight is 346 g/mol. The van der Waals surface area contributed by atoms with Gasteiger partial charge < -0.3 is 15.1 Å². The second-order valence-electron chi connectivity index (χ2n) is 6.61. The number of hydrogen-bond acceptors (Lipinski definition) is 3. The number of carbonyl (C=O) groups excluding carboxylic acids is 2. The van der Waals surface area contributed by atoms with Crippen LogP contribution < -0.4 is 5.32 Å². The molecule has 2 unspecified atom stereocenters. The Labute approximate surface area is 146 Å². The Morgan fingerprint density at radius 3 is 2.61 bits per heavy atom. The fourth-order valence-electron chi connectivity index (χ4n) is 3.63. The molecule has 2 rings (SSSR count). The molecule has 0 bridgehead atoms. The molecule has 2 saturated heterocycles. The van der Waals surface area contributed by atoms with E-state index in [4.69, 9.17) is 0 Å². The molecule has 2 fully saturated rings. The third kappa shape index (κ3) is 5.35. The van der Waals surface area contributed by atoms with Crippen molar-refractivity contribution in [2.24, 2.45) is 5.92 Å². The molecule has 2 amide bonds. The first-order valence-corrected chi connectivity index (χ1v) is 8.96. The first kappa shape index (κ1) is 20.2. The third-order valence-corrected chi connectivity index (χ3v) is 4.81. The molecule has 0 spiro atoms. The Kier molecular flexibility index (Phi) is 8.92. The minimum Gasteiger partial charge on any atom is -0.342 e. The lowest BCUT2D eigenvalue weighted by atomic mass is 9.95. The maximum Gasteiger partial charge on any atom is 0.227 e. The highest BCUT2D eigenvalue weighted by molar-refractivity contribution is 5.85. The van der Waals surface area contributed by atoms with Gasteiger partial charge in [0.15, 0.2) is 0 Å². The Morgan fingerprint density at radius 2 is 2.00 bits per heavy atom. The molecule has 2 aliphatic heterocycles. The highest BCUT2D eigenvalue weighted by atomic mass is 35.5. The zero-order valence-corrected chi connectivity index (χ0v) is 15.4. The van der Waals surface area contributed by atoms with E-state index in [0.717, 1.165) is 58.3 Å². The maximum atomic E-state index is 13.0. The number of rotatable bonds is 6. The van der Waals surface area contributed by atoms with E-state index < -0.39 is 0 Å². The number of hydrogen-bond donors (Lipinski definition) is 1. The topological polar surface area (TPSA) is 52.7 Å². The van der Waals surface area contributed by atoms with Gasteiger partial charge in [-0.2, -0.15) is 0 Å². The van der Waals surface area contributed by atoms with Gasteiger partial charge in [-0.1, -0.05) is 13.8 Å². The average Bonchev–Trinajstić information content (AvgIpc) is 3.06. The molecular formula is C17H32ClN3O2. The van der Waals surface area contributed by atoms with Crippen molar-refractivity contribution in [2.45, 2.75) is 58.4 Å². The first-order valence-electron chi connectivity index (χ1n) is 8.96. The molecule has 0 radical (unpaired) electrons. The van der Waals surface area contributed by atoms with Gasteiger partial charge in [-0.05, 0) is 38.6 Å². The number of nitrogens with one attached hydrogen (secondary N) is 1. The lowest BCUT2D eigenvalue weighted by Crippen LogP contribution is -2.50. The van der Waals surface area contributed by atoms with E-state index in [9.17, 15) is 9.59 Å². The summed E-state index contributed by atoms with van der Waals surface area (Å²) in [6.07, 6.45) is 5.41. The number of piperidine rings is 1. The van der Waals surface area contributed by atoms with Crippen molar-refractivity contribution in [2.75, 3.05) is 32.7 Å². The van der Waals surface area contributed by atoms with Gasteiger partial charge in [0.2, 0.25) is 11.8 Å². The second kappa shape index (κ2) is 10.1. The summed E-state index contributed by atoms with van der Waals surface area (Å²) in [5.41, 5.74) is 0. The molecule has 0 aliphatic carbocycles. The van der Waals surface area contributed by atoms with E-state index in [2.05, 4.69) is 17.1 Å². The zero-order valence-electron chi connectivity index (χ0n) is 14.6. The standard InChI is InChI=1S/C17H31N3O2.ClH/c1-3-6-16(21)19-11-5-7-14(13-19)17(22)20(10-4-2)15-8-9-18-12-15;/h14-15,18H,3-13H2,1-2H3;1H. The molecule has 23 heavy (non-hydrogen) atoms. The number of nitrogens with zero attached hydrogens (tertiary/aromatic N) is 2. The molecule has 2 aliphatic rings. The largest absolute Gasteiger partial charge is 0.342 e. The van der Waals surface area contributed by atoms with E-state index in [0.29, 0.717) is 19.0 Å². The van der Waals surface area contributed by atoms with Crippen molar-refractivity contribution in [1.82, 2.24) is 15.1 Å². The van der Waals surface area contributed by atoms with Gasteiger partial charge in [0, 0.05) is 38.6 Å². The highest BCUT2D eigenvalue weighted by Crippen LogP contribution is 2.22. The van der Waals surface area contributed by atoms with Crippen LogP contribution in [-0.4, -0.2) is 60.4 Å². The summed E-state index contributed by atoms with van der Waals surface area (Å²) in [6.45, 7) is 8.35. The third-order valence-electron chi connectivity index (χ3n) is 4.81. The van der Waals surface area contributed by atoms with Crippen LogP contribution in [0.1, 0.15) is 52.4 Å². The van der Waals surface area contributed by atoms with Crippen molar-refractivity contribution in [3.05, 3.63) is 0 Å². The fraction of sp³-hybridized carbons (Fsp3) is 0.882. The monoisotopic (exact) mass is 345 g/mol. The van der Waals surface area contributed by atoms with Crippen LogP contribution in [0.2, 0.25) is 0 Å². The van der Waals surface area contributed by atoms with Gasteiger partial charge in [-0.3, -0.25) is 9.59 Å². The van der Waals surface area contributed by atoms with E-state index in [1.54, 1.807) is 0 Å². The SMILES string of the molecule is CCCC(=O)N1CCCC(C(=O)N(CCC)C2CCNC2)C1.Cl. The van der Waals surface area contributed by atoms with Gasteiger partial charge in [-0.25, -0.2) is 0 Å². The Hall–Kier alpha value is -0.810. The van der Waals surface area contributed by atoms with Crippen LogP contribution in [0.4, 0.5) is 0 Å². The van der Waals surface area contributed by atoms with Gasteiger partial charge in [0.05, 0.1) is 5.92 Å². The van der Waals surface area contributed by atoms with Crippen LogP contribution in [0, 0.1) is 5.92 Å². The summed E-state index contributed by atoms with van der Waals surface area (Å²) in [5.74, 6) is 0.482. The van der Waals surface area contributed by atoms with Crippen LogP contribution in [0.5, 0.6) is 0 Å². The zero-order chi connectivity index (χ0) is 15.9. The summed E-state index contributed by atoms with van der Waals surface area (Å²) in [6, 6.07) is 0.342. The molecule has 5 nitrogen and oxygen atoms in total. The molecule has 0 aromatic heterocycles. The van der Waals surface area contributed by atoms with E-state index in [1.807, 2.05) is 11.8 Å². The van der Waals surface area contributed by atoms with Crippen molar-refractivity contribution in [1.29, 1.82) is 0 Å². The number of amides is 2. The number of carbonyl (C=O) groups is 2. The van der Waals surface area contributed by atoms with Crippen molar-refractivity contribution >= 4 is 24.2 Å². The normalized spacial score (nSPS) is 24.2. The minimum atomic E-state index is 0. The fourth-order valence-corrected chi connectivity index (χ4v) is 3.63. The summed E-state index contributed by atoms with van der Waals surface area (Å²) < 4.78 is 0. The second-order valence-corrected chi connectivity index (χ2v) is 6.61. The minimum absolute atomic E-state index is 0. The predicted octanol–water partition coefficient (Wildman–Crippen LogP) is 2.05. The van der Waals surface area contributed by atoms with Gasteiger partial charge in [0.1, 0.15) is 0 Å². The van der Waals surface area contributed by atoms with E-state index in [-0.39, 0.29) is 30.1 Å². The maximum absolute atomic E-state index is 13.0. The van der Waals surface area contributed by atoms with Crippen LogP contribution in [-0.2, 0) is 9.59 Å². The van der Waals surface area contributed by atoms with Crippen LogP contribution in [0.15, 0.2) is 0 Å². The van der Waals surface area contributed by atoms with Crippen molar-refractivity contribution < 1.29 is 9.59 Å². The summed E-state index contributed by atoms with van der Waals surface area (Å²) >= 11 is 0. The van der Waals surface area contributed by atoms with Crippen molar-refractivity contribution in [3.63, 3.8) is 0 Å². The number of likely N-dealkylation sites (tertiary alicyclic amines) is 1. The number of halogens is 1. The van der Waals surface area contributed by atoms with Crippen molar-refractivity contribution in [3.8, 4) is 0 Å². The molecule has 134 valence electrons. The van der Waals surface area contributed by atoms with E-state index in [1.165, 1.54) is 0 Å². The van der Waals surface area contributed by atoms with E-state index >= 15 is 0 Å². The summed E-state index contributed by atoms with van der Waals surface area (Å²) in [7, 11) is 0. The van der Waals surface area contributed by atoms with Crippen LogP contribution in [0.3, 0.4) is 0 Å². The summed E-state index contributed by atoms with van der Waals surface area (Å²) in [5, 5.41) is 3.35. The van der Waals surface area contributed by atoms with Crippen LogP contribution in [0.25, 0.3) is 0 Å². The molecule has 2 atom stereocenters. The van der Waals surface area contributed by atoms with Crippen LogP contribution >= 0.6 is 12.4 Å². The molecule has 6 heteroatoms. The summed E-state index contributed by atoms with van der Waals surface area (Å²) in [4.78, 5) is 29.1. The smallest absolute Gasteiger partial charge is 0.227 e. The lowest BCUT2D eigenvalue weighted by molar-refractivity contribution is -0.142. The molecule has 0 aromatic rings. The van der Waals surface area contributed by atoms with Gasteiger partial charge in [0.25, 0.3) is 0 Å². The lowest BCUT2D eigenvalue weighted by Gasteiger charge is -2.37. The molecule has 0 aromatic carbocycles. The molecule has 0 saturated carbocycles. The molecule has 2 heterocycles. The van der Waals surface area contributed by atoms with Gasteiger partial charge >= 0.3 is 0 Å². The predicted molar refractivity (Wildman–Crippen MR) is 94.7 cm³/mol. The highest BCUT2D eigenvalue weighted by Gasteiger charge is 2.34. The molecule has 1 N–H and O–H groups in total. The Balaban J connectivity index is 0.00000264. The Bertz CT molecular complexity index is 386. The first-order chi connectivity index (χ1) is 10.7. The quantitative estimate of drug-likeness (QED) is 0.801. The molecular weight excluding hydrogens is 314 g/mol. The van der Waals surface area contributed by atoms with Gasteiger partial charge in [-0.15, -0.1) is 12.4 Å². The Morgan fingerprint density at radius 1 is 1.22 bits per heavy atom.